The Morgan fingerprint density at radius 2 is 2.25 bits per heavy atom. The largest absolute Gasteiger partial charge is 0.412 e. The summed E-state index contributed by atoms with van der Waals surface area (Å²) < 4.78 is 41.8. The fourth-order valence-corrected chi connectivity index (χ4v) is 1.73. The van der Waals surface area contributed by atoms with E-state index in [1.165, 1.54) is 6.08 Å². The third kappa shape index (κ3) is 4.11. The van der Waals surface area contributed by atoms with Gasteiger partial charge in [-0.3, -0.25) is 4.90 Å². The van der Waals surface area contributed by atoms with Crippen LogP contribution in [-0.4, -0.2) is 50.5 Å². The Balaban J connectivity index is 2.39. The number of methoxy groups -OCH3 is 1. The molecule has 0 amide bonds. The minimum Gasteiger partial charge on any atom is -0.383 e. The number of alkyl halides is 3. The van der Waals surface area contributed by atoms with E-state index >= 15 is 0 Å². The second-order valence-electron chi connectivity index (χ2n) is 3.95. The van der Waals surface area contributed by atoms with Crippen molar-refractivity contribution in [2.75, 3.05) is 33.4 Å². The Morgan fingerprint density at radius 1 is 1.56 bits per heavy atom. The Hall–Kier alpha value is -0.590. The fourth-order valence-electron chi connectivity index (χ4n) is 1.73. The number of rotatable bonds is 4. The highest BCUT2D eigenvalue weighted by Crippen LogP contribution is 2.29. The first-order valence-corrected chi connectivity index (χ1v) is 5.16. The summed E-state index contributed by atoms with van der Waals surface area (Å²) in [5, 5.41) is 0. The Kier molecular flexibility index (Phi) is 4.76. The number of hydrogen-bond donors (Lipinski definition) is 1. The standard InChI is InChI=1S/C10H17F3N2O/c1-16-7-9(14)6-15-4-2-8(3-5-15)10(11,12)13/h2,9H,3-7,14H2,1H3. The van der Waals surface area contributed by atoms with E-state index in [1.54, 1.807) is 7.11 Å². The topological polar surface area (TPSA) is 38.5 Å². The van der Waals surface area contributed by atoms with Gasteiger partial charge in [0.25, 0.3) is 0 Å². The van der Waals surface area contributed by atoms with Crippen LogP contribution in [0.15, 0.2) is 11.6 Å². The van der Waals surface area contributed by atoms with Gasteiger partial charge >= 0.3 is 6.18 Å². The van der Waals surface area contributed by atoms with Crippen molar-refractivity contribution in [2.45, 2.75) is 18.6 Å². The predicted octanol–water partition coefficient (Wildman–Crippen LogP) is 1.15. The van der Waals surface area contributed by atoms with Gasteiger partial charge in [0.2, 0.25) is 0 Å². The SMILES string of the molecule is COCC(N)CN1CC=C(C(F)(F)F)CC1. The molecule has 16 heavy (non-hydrogen) atoms. The lowest BCUT2D eigenvalue weighted by Gasteiger charge is -2.29. The van der Waals surface area contributed by atoms with Gasteiger partial charge < -0.3 is 10.5 Å². The molecule has 0 radical (unpaired) electrons. The predicted molar refractivity (Wildman–Crippen MR) is 55.0 cm³/mol. The van der Waals surface area contributed by atoms with Gasteiger partial charge in [0.05, 0.1) is 6.61 Å². The molecule has 0 aromatic heterocycles. The first kappa shape index (κ1) is 13.5. The van der Waals surface area contributed by atoms with Gasteiger partial charge in [-0.05, 0) is 6.42 Å². The maximum Gasteiger partial charge on any atom is 0.412 e. The zero-order valence-electron chi connectivity index (χ0n) is 9.26. The minimum absolute atomic E-state index is 0.0448. The van der Waals surface area contributed by atoms with Gasteiger partial charge in [-0.1, -0.05) is 6.08 Å². The molecule has 0 fully saturated rings. The zero-order valence-corrected chi connectivity index (χ0v) is 9.26. The summed E-state index contributed by atoms with van der Waals surface area (Å²) in [7, 11) is 1.55. The molecule has 0 saturated carbocycles. The van der Waals surface area contributed by atoms with Crippen LogP contribution in [0.5, 0.6) is 0 Å². The maximum absolute atomic E-state index is 12.3. The van der Waals surface area contributed by atoms with Crippen molar-refractivity contribution in [3.8, 4) is 0 Å². The maximum atomic E-state index is 12.3. The molecular weight excluding hydrogens is 221 g/mol. The van der Waals surface area contributed by atoms with Crippen molar-refractivity contribution in [2.24, 2.45) is 5.73 Å². The highest BCUT2D eigenvalue weighted by molar-refractivity contribution is 5.13. The van der Waals surface area contributed by atoms with Crippen molar-refractivity contribution < 1.29 is 17.9 Å². The summed E-state index contributed by atoms with van der Waals surface area (Å²) in [5.74, 6) is 0. The van der Waals surface area contributed by atoms with E-state index in [1.807, 2.05) is 4.90 Å². The van der Waals surface area contributed by atoms with Gasteiger partial charge in [-0.2, -0.15) is 13.2 Å². The van der Waals surface area contributed by atoms with E-state index in [4.69, 9.17) is 10.5 Å². The van der Waals surface area contributed by atoms with E-state index in [9.17, 15) is 13.2 Å². The number of hydrogen-bond acceptors (Lipinski definition) is 3. The first-order valence-electron chi connectivity index (χ1n) is 5.16. The Morgan fingerprint density at radius 3 is 2.69 bits per heavy atom. The number of nitrogens with zero attached hydrogens (tertiary/aromatic N) is 1. The van der Waals surface area contributed by atoms with Gasteiger partial charge in [0.1, 0.15) is 0 Å². The lowest BCUT2D eigenvalue weighted by Crippen LogP contribution is -2.42. The third-order valence-electron chi connectivity index (χ3n) is 2.53. The highest BCUT2D eigenvalue weighted by atomic mass is 19.4. The molecule has 1 atom stereocenters. The normalized spacial score (nSPS) is 20.7. The smallest absolute Gasteiger partial charge is 0.383 e. The molecule has 94 valence electrons. The molecule has 0 spiro atoms. The summed E-state index contributed by atoms with van der Waals surface area (Å²) in [6.45, 7) is 1.71. The van der Waals surface area contributed by atoms with Crippen molar-refractivity contribution in [1.82, 2.24) is 4.90 Å². The van der Waals surface area contributed by atoms with E-state index < -0.39 is 11.7 Å². The molecule has 1 unspecified atom stereocenters. The van der Waals surface area contributed by atoms with Crippen LogP contribution in [0.3, 0.4) is 0 Å². The summed E-state index contributed by atoms with van der Waals surface area (Å²) in [5.41, 5.74) is 5.30. The van der Waals surface area contributed by atoms with Gasteiger partial charge in [-0.15, -0.1) is 0 Å². The lowest BCUT2D eigenvalue weighted by molar-refractivity contribution is -0.0960. The second-order valence-corrected chi connectivity index (χ2v) is 3.95. The van der Waals surface area contributed by atoms with Crippen LogP contribution in [0.1, 0.15) is 6.42 Å². The molecular formula is C10H17F3N2O. The Bertz CT molecular complexity index is 253. The number of nitrogens with two attached hydrogens (primary N) is 1. The van der Waals surface area contributed by atoms with Crippen LogP contribution in [0.25, 0.3) is 0 Å². The van der Waals surface area contributed by atoms with Crippen LogP contribution in [0, 0.1) is 0 Å². The quantitative estimate of drug-likeness (QED) is 0.747. The van der Waals surface area contributed by atoms with E-state index in [2.05, 4.69) is 0 Å². The first-order chi connectivity index (χ1) is 7.43. The Labute approximate surface area is 93.0 Å². The van der Waals surface area contributed by atoms with E-state index in [-0.39, 0.29) is 12.5 Å². The monoisotopic (exact) mass is 238 g/mol. The minimum atomic E-state index is -4.18. The molecule has 0 aliphatic carbocycles. The summed E-state index contributed by atoms with van der Waals surface area (Å²) in [6.07, 6.45) is -2.90. The lowest BCUT2D eigenvalue weighted by atomic mass is 10.1. The van der Waals surface area contributed by atoms with Gasteiger partial charge in [-0.25, -0.2) is 0 Å². The molecule has 0 bridgehead atoms. The van der Waals surface area contributed by atoms with Crippen LogP contribution in [0.2, 0.25) is 0 Å². The number of ether oxygens (including phenoxy) is 1. The molecule has 1 heterocycles. The number of halogens is 3. The van der Waals surface area contributed by atoms with Crippen molar-refractivity contribution in [3.05, 3.63) is 11.6 Å². The van der Waals surface area contributed by atoms with Crippen molar-refractivity contribution in [1.29, 1.82) is 0 Å². The molecule has 0 aromatic carbocycles. The molecule has 3 nitrogen and oxygen atoms in total. The molecule has 0 saturated heterocycles. The van der Waals surface area contributed by atoms with E-state index in [0.29, 0.717) is 26.2 Å². The molecule has 1 aliphatic rings. The van der Waals surface area contributed by atoms with Crippen LogP contribution in [0.4, 0.5) is 13.2 Å². The summed E-state index contributed by atoms with van der Waals surface area (Å²) in [4.78, 5) is 1.90. The van der Waals surface area contributed by atoms with Crippen molar-refractivity contribution in [3.63, 3.8) is 0 Å². The fraction of sp³-hybridized carbons (Fsp3) is 0.800. The highest BCUT2D eigenvalue weighted by Gasteiger charge is 2.34. The molecule has 1 aliphatic heterocycles. The summed E-state index contributed by atoms with van der Waals surface area (Å²) >= 11 is 0. The molecule has 1 rings (SSSR count). The van der Waals surface area contributed by atoms with E-state index in [0.717, 1.165) is 0 Å². The molecule has 6 heteroatoms. The van der Waals surface area contributed by atoms with Crippen LogP contribution >= 0.6 is 0 Å². The van der Waals surface area contributed by atoms with Gasteiger partial charge in [0, 0.05) is 38.4 Å². The molecule has 2 N–H and O–H groups in total. The summed E-state index contributed by atoms with van der Waals surface area (Å²) in [6, 6.07) is -0.147. The molecule has 0 aromatic rings. The van der Waals surface area contributed by atoms with Gasteiger partial charge in [0.15, 0.2) is 0 Å². The van der Waals surface area contributed by atoms with Crippen molar-refractivity contribution >= 4 is 0 Å². The third-order valence-corrected chi connectivity index (χ3v) is 2.53. The second kappa shape index (κ2) is 5.65. The average molecular weight is 238 g/mol. The average Bonchev–Trinajstić information content (AvgIpc) is 2.17. The van der Waals surface area contributed by atoms with Crippen LogP contribution < -0.4 is 5.73 Å². The zero-order chi connectivity index (χ0) is 12.2. The van der Waals surface area contributed by atoms with Crippen LogP contribution in [-0.2, 0) is 4.74 Å².